The molecule has 0 saturated carbocycles. The van der Waals surface area contributed by atoms with Crippen LogP contribution in [0.3, 0.4) is 0 Å². The quantitative estimate of drug-likeness (QED) is 0.459. The van der Waals surface area contributed by atoms with Gasteiger partial charge >= 0.3 is 6.18 Å². The van der Waals surface area contributed by atoms with Crippen LogP contribution in [0.2, 0.25) is 0 Å². The van der Waals surface area contributed by atoms with Crippen molar-refractivity contribution in [3.05, 3.63) is 83.6 Å². The molecule has 0 aliphatic heterocycles. The van der Waals surface area contributed by atoms with Crippen LogP contribution in [0, 0.1) is 5.82 Å². The van der Waals surface area contributed by atoms with Crippen molar-refractivity contribution >= 4 is 22.5 Å². The fourth-order valence-electron chi connectivity index (χ4n) is 2.98. The molecule has 3 aromatic heterocycles. The largest absolute Gasteiger partial charge is 0.418 e. The third kappa shape index (κ3) is 3.66. The standard InChI is InChI=1S/C20H14F4N4/c21-14-4-5-17(16(9-14)20(22,23)24)28-18-6-3-12(10-26-18)8-13-11-27-19-15(13)2-1-7-25-19/h1-7,9-11H,8H2,(H,25,27)(H,26,28). The van der Waals surface area contributed by atoms with Gasteiger partial charge in [0.1, 0.15) is 17.3 Å². The van der Waals surface area contributed by atoms with Gasteiger partial charge in [-0.1, -0.05) is 6.07 Å². The lowest BCUT2D eigenvalue weighted by Gasteiger charge is -2.14. The van der Waals surface area contributed by atoms with Crippen LogP contribution in [0.4, 0.5) is 29.1 Å². The Morgan fingerprint density at radius 3 is 2.64 bits per heavy atom. The Hall–Kier alpha value is -3.42. The van der Waals surface area contributed by atoms with Gasteiger partial charge in [-0.05, 0) is 47.5 Å². The Morgan fingerprint density at radius 1 is 1.04 bits per heavy atom. The molecule has 4 nitrogen and oxygen atoms in total. The lowest BCUT2D eigenvalue weighted by atomic mass is 10.1. The van der Waals surface area contributed by atoms with E-state index in [1.54, 1.807) is 24.5 Å². The van der Waals surface area contributed by atoms with Gasteiger partial charge in [0.2, 0.25) is 0 Å². The van der Waals surface area contributed by atoms with Crippen molar-refractivity contribution in [3.8, 4) is 0 Å². The number of hydrogen-bond acceptors (Lipinski definition) is 3. The van der Waals surface area contributed by atoms with Gasteiger partial charge < -0.3 is 10.3 Å². The number of hydrogen-bond donors (Lipinski definition) is 2. The van der Waals surface area contributed by atoms with Gasteiger partial charge in [0.25, 0.3) is 0 Å². The summed E-state index contributed by atoms with van der Waals surface area (Å²) in [7, 11) is 0. The number of nitrogens with one attached hydrogen (secondary N) is 2. The monoisotopic (exact) mass is 386 g/mol. The lowest BCUT2D eigenvalue weighted by molar-refractivity contribution is -0.137. The molecule has 3 heterocycles. The first-order valence-corrected chi connectivity index (χ1v) is 8.40. The number of benzene rings is 1. The first-order valence-electron chi connectivity index (χ1n) is 8.40. The summed E-state index contributed by atoms with van der Waals surface area (Å²) in [6.07, 6.45) is 1.10. The molecule has 0 saturated heterocycles. The Kier molecular flexibility index (Phi) is 4.46. The van der Waals surface area contributed by atoms with Crippen LogP contribution in [0.25, 0.3) is 11.0 Å². The Bertz CT molecular complexity index is 1120. The molecule has 0 fully saturated rings. The molecule has 4 rings (SSSR count). The van der Waals surface area contributed by atoms with Crippen molar-refractivity contribution in [3.63, 3.8) is 0 Å². The average Bonchev–Trinajstić information content (AvgIpc) is 3.07. The zero-order chi connectivity index (χ0) is 19.7. The summed E-state index contributed by atoms with van der Waals surface area (Å²) in [5.74, 6) is -0.712. The lowest BCUT2D eigenvalue weighted by Crippen LogP contribution is -2.09. The summed E-state index contributed by atoms with van der Waals surface area (Å²) in [5.41, 5.74) is 1.40. The van der Waals surface area contributed by atoms with E-state index < -0.39 is 17.6 Å². The van der Waals surface area contributed by atoms with Gasteiger partial charge in [-0.15, -0.1) is 0 Å². The summed E-state index contributed by atoms with van der Waals surface area (Å²) in [6.45, 7) is 0. The number of alkyl halides is 3. The number of anilines is 2. The highest BCUT2D eigenvalue weighted by Crippen LogP contribution is 2.36. The van der Waals surface area contributed by atoms with E-state index in [1.807, 2.05) is 18.3 Å². The maximum absolute atomic E-state index is 13.2. The van der Waals surface area contributed by atoms with Gasteiger partial charge in [-0.25, -0.2) is 14.4 Å². The van der Waals surface area contributed by atoms with E-state index in [4.69, 9.17) is 0 Å². The maximum Gasteiger partial charge on any atom is 0.418 e. The van der Waals surface area contributed by atoms with Gasteiger partial charge in [0, 0.05) is 30.4 Å². The molecule has 0 atom stereocenters. The second-order valence-corrected chi connectivity index (χ2v) is 6.25. The molecule has 0 unspecified atom stereocenters. The Balaban J connectivity index is 1.54. The minimum absolute atomic E-state index is 0.237. The summed E-state index contributed by atoms with van der Waals surface area (Å²) >= 11 is 0. The first kappa shape index (κ1) is 18.0. The van der Waals surface area contributed by atoms with Crippen molar-refractivity contribution in [2.75, 3.05) is 5.32 Å². The fraction of sp³-hybridized carbons (Fsp3) is 0.100. The molecule has 0 bridgehead atoms. The van der Waals surface area contributed by atoms with E-state index in [0.29, 0.717) is 12.5 Å². The van der Waals surface area contributed by atoms with E-state index in [-0.39, 0.29) is 11.5 Å². The molecule has 28 heavy (non-hydrogen) atoms. The number of pyridine rings is 2. The van der Waals surface area contributed by atoms with Crippen molar-refractivity contribution in [2.24, 2.45) is 0 Å². The molecule has 8 heteroatoms. The van der Waals surface area contributed by atoms with Crippen LogP contribution >= 0.6 is 0 Å². The number of rotatable bonds is 4. The summed E-state index contributed by atoms with van der Waals surface area (Å²) in [6, 6.07) is 9.66. The Labute approximate surface area is 157 Å². The smallest absolute Gasteiger partial charge is 0.346 e. The number of fused-ring (bicyclic) bond motifs is 1. The highest BCUT2D eigenvalue weighted by molar-refractivity contribution is 5.79. The number of nitrogens with zero attached hydrogens (tertiary/aromatic N) is 2. The highest BCUT2D eigenvalue weighted by atomic mass is 19.4. The van der Waals surface area contributed by atoms with Gasteiger partial charge in [0.05, 0.1) is 11.3 Å². The Morgan fingerprint density at radius 2 is 1.89 bits per heavy atom. The molecule has 4 aromatic rings. The molecule has 0 aliphatic carbocycles. The van der Waals surface area contributed by atoms with Crippen molar-refractivity contribution in [1.29, 1.82) is 0 Å². The number of H-pyrrole nitrogens is 1. The van der Waals surface area contributed by atoms with Crippen LogP contribution in [0.5, 0.6) is 0 Å². The van der Waals surface area contributed by atoms with E-state index >= 15 is 0 Å². The number of halogens is 4. The molecule has 2 N–H and O–H groups in total. The zero-order valence-corrected chi connectivity index (χ0v) is 14.4. The van der Waals surface area contributed by atoms with Crippen molar-refractivity contribution in [2.45, 2.75) is 12.6 Å². The molecule has 0 amide bonds. The van der Waals surface area contributed by atoms with Crippen molar-refractivity contribution in [1.82, 2.24) is 15.0 Å². The molecule has 0 radical (unpaired) electrons. The minimum atomic E-state index is -4.67. The molecule has 0 spiro atoms. The molecular formula is C20H14F4N4. The first-order chi connectivity index (χ1) is 13.4. The highest BCUT2D eigenvalue weighted by Gasteiger charge is 2.34. The van der Waals surface area contributed by atoms with Gasteiger partial charge in [-0.3, -0.25) is 0 Å². The summed E-state index contributed by atoms with van der Waals surface area (Å²) < 4.78 is 52.5. The summed E-state index contributed by atoms with van der Waals surface area (Å²) in [5, 5.41) is 3.61. The molecule has 0 aliphatic rings. The predicted octanol–water partition coefficient (Wildman–Crippen LogP) is 5.45. The number of aromatic amines is 1. The SMILES string of the molecule is Fc1ccc(Nc2ccc(Cc3c[nH]c4ncccc34)cn2)c(C(F)(F)F)c1. The zero-order valence-electron chi connectivity index (χ0n) is 14.4. The van der Waals surface area contributed by atoms with Crippen LogP contribution in [0.15, 0.2) is 61.1 Å². The topological polar surface area (TPSA) is 53.6 Å². The second-order valence-electron chi connectivity index (χ2n) is 6.25. The van der Waals surface area contributed by atoms with Gasteiger partial charge in [0.15, 0.2) is 0 Å². The van der Waals surface area contributed by atoms with E-state index in [2.05, 4.69) is 20.3 Å². The molecule has 1 aromatic carbocycles. The van der Waals surface area contributed by atoms with Crippen LogP contribution < -0.4 is 5.32 Å². The van der Waals surface area contributed by atoms with E-state index in [9.17, 15) is 17.6 Å². The molecular weight excluding hydrogens is 372 g/mol. The third-order valence-electron chi connectivity index (χ3n) is 4.31. The van der Waals surface area contributed by atoms with Crippen molar-refractivity contribution < 1.29 is 17.6 Å². The summed E-state index contributed by atoms with van der Waals surface area (Å²) in [4.78, 5) is 11.5. The number of aromatic nitrogens is 3. The van der Waals surface area contributed by atoms with E-state index in [0.717, 1.165) is 34.3 Å². The van der Waals surface area contributed by atoms with E-state index in [1.165, 1.54) is 0 Å². The van der Waals surface area contributed by atoms with Crippen LogP contribution in [0.1, 0.15) is 16.7 Å². The molecule has 142 valence electrons. The fourth-order valence-corrected chi connectivity index (χ4v) is 2.98. The predicted molar refractivity (Wildman–Crippen MR) is 97.8 cm³/mol. The minimum Gasteiger partial charge on any atom is -0.346 e. The normalized spacial score (nSPS) is 11.7. The van der Waals surface area contributed by atoms with Crippen LogP contribution in [-0.2, 0) is 12.6 Å². The maximum atomic E-state index is 13.2. The van der Waals surface area contributed by atoms with Crippen LogP contribution in [-0.4, -0.2) is 15.0 Å². The third-order valence-corrected chi connectivity index (χ3v) is 4.31. The second kappa shape index (κ2) is 6.95. The average molecular weight is 386 g/mol. The van der Waals surface area contributed by atoms with Gasteiger partial charge in [-0.2, -0.15) is 13.2 Å².